The van der Waals surface area contributed by atoms with Crippen molar-refractivity contribution in [2.45, 2.75) is 58.6 Å². The molecular formula is C23H28N2O5. The van der Waals surface area contributed by atoms with E-state index >= 15 is 0 Å². The average Bonchev–Trinajstić information content (AvgIpc) is 3.26. The summed E-state index contributed by atoms with van der Waals surface area (Å²) in [5.41, 5.74) is 1.50. The number of benzene rings is 1. The Morgan fingerprint density at radius 1 is 1.17 bits per heavy atom. The predicted octanol–water partition coefficient (Wildman–Crippen LogP) is 4.08. The third-order valence-electron chi connectivity index (χ3n) is 5.56. The molecule has 2 aromatic rings. The summed E-state index contributed by atoms with van der Waals surface area (Å²) in [4.78, 5) is 37.2. The molecule has 0 spiro atoms. The molecule has 3 rings (SSSR count). The summed E-state index contributed by atoms with van der Waals surface area (Å²) in [6, 6.07) is 8.14. The number of hydrogen-bond donors (Lipinski definition) is 2. The Bertz CT molecular complexity index is 906. The molecule has 0 saturated heterocycles. The van der Waals surface area contributed by atoms with Gasteiger partial charge in [0.2, 0.25) is 0 Å². The van der Waals surface area contributed by atoms with Crippen LogP contribution in [0.3, 0.4) is 0 Å². The van der Waals surface area contributed by atoms with Gasteiger partial charge in [-0.05, 0) is 62.4 Å². The third kappa shape index (κ3) is 5.28. The van der Waals surface area contributed by atoms with E-state index in [2.05, 4.69) is 17.6 Å². The van der Waals surface area contributed by atoms with Crippen molar-refractivity contribution >= 4 is 23.5 Å². The van der Waals surface area contributed by atoms with E-state index < -0.39 is 18.0 Å². The minimum atomic E-state index is -0.908. The van der Waals surface area contributed by atoms with Crippen molar-refractivity contribution in [1.29, 1.82) is 0 Å². The fourth-order valence-corrected chi connectivity index (χ4v) is 3.59. The Morgan fingerprint density at radius 3 is 2.63 bits per heavy atom. The van der Waals surface area contributed by atoms with Crippen molar-refractivity contribution in [3.63, 3.8) is 0 Å². The molecule has 2 amide bonds. The first-order valence-electron chi connectivity index (χ1n) is 10.3. The molecule has 3 atom stereocenters. The highest BCUT2D eigenvalue weighted by Gasteiger charge is 2.26. The number of hydrogen-bond acceptors (Lipinski definition) is 5. The van der Waals surface area contributed by atoms with E-state index in [1.54, 1.807) is 31.2 Å². The molecule has 1 aromatic heterocycles. The second-order valence-electron chi connectivity index (χ2n) is 7.89. The average molecular weight is 412 g/mol. The fraction of sp³-hybridized carbons (Fsp3) is 0.435. The lowest BCUT2D eigenvalue weighted by Gasteiger charge is -2.30. The van der Waals surface area contributed by atoms with Gasteiger partial charge in [-0.15, -0.1) is 0 Å². The van der Waals surface area contributed by atoms with E-state index in [9.17, 15) is 14.4 Å². The maximum absolute atomic E-state index is 12.6. The van der Waals surface area contributed by atoms with Crippen molar-refractivity contribution in [2.75, 3.05) is 5.32 Å². The normalized spacial score (nSPS) is 19.6. The Kier molecular flexibility index (Phi) is 6.92. The van der Waals surface area contributed by atoms with Gasteiger partial charge in [0.25, 0.3) is 11.8 Å². The molecule has 1 saturated carbocycles. The summed E-state index contributed by atoms with van der Waals surface area (Å²) in [5, 5.41) is 5.73. The molecule has 1 aliphatic rings. The van der Waals surface area contributed by atoms with E-state index in [1.807, 2.05) is 6.92 Å². The van der Waals surface area contributed by atoms with Gasteiger partial charge in [-0.25, -0.2) is 4.79 Å². The number of rotatable bonds is 6. The van der Waals surface area contributed by atoms with E-state index in [1.165, 1.54) is 18.8 Å². The highest BCUT2D eigenvalue weighted by atomic mass is 16.5. The first-order chi connectivity index (χ1) is 14.3. The molecule has 1 aromatic carbocycles. The largest absolute Gasteiger partial charge is 0.459 e. The van der Waals surface area contributed by atoms with Crippen molar-refractivity contribution in [3.05, 3.63) is 53.5 Å². The number of nitrogens with one attached hydrogen (secondary N) is 2. The molecule has 2 N–H and O–H groups in total. The Morgan fingerprint density at radius 2 is 1.93 bits per heavy atom. The molecule has 0 bridgehead atoms. The Balaban J connectivity index is 1.61. The Hall–Kier alpha value is -3.09. The van der Waals surface area contributed by atoms with Crippen molar-refractivity contribution in [1.82, 2.24) is 5.32 Å². The second kappa shape index (κ2) is 9.61. The highest BCUT2D eigenvalue weighted by Crippen LogP contribution is 2.24. The van der Waals surface area contributed by atoms with Crippen LogP contribution in [0.5, 0.6) is 0 Å². The fourth-order valence-electron chi connectivity index (χ4n) is 3.59. The zero-order chi connectivity index (χ0) is 21.7. The van der Waals surface area contributed by atoms with E-state index in [0.29, 0.717) is 11.6 Å². The van der Waals surface area contributed by atoms with Gasteiger partial charge in [0.05, 0.1) is 11.8 Å². The van der Waals surface area contributed by atoms with E-state index in [-0.39, 0.29) is 23.3 Å². The number of amides is 2. The monoisotopic (exact) mass is 412 g/mol. The summed E-state index contributed by atoms with van der Waals surface area (Å²) in [6.07, 6.45) is 4.83. The van der Waals surface area contributed by atoms with Gasteiger partial charge in [-0.2, -0.15) is 0 Å². The first-order valence-corrected chi connectivity index (χ1v) is 10.3. The zero-order valence-electron chi connectivity index (χ0n) is 17.6. The van der Waals surface area contributed by atoms with Crippen LogP contribution < -0.4 is 10.6 Å². The summed E-state index contributed by atoms with van der Waals surface area (Å²) in [6.45, 7) is 5.51. The van der Waals surface area contributed by atoms with Gasteiger partial charge in [0, 0.05) is 11.7 Å². The minimum absolute atomic E-state index is 0.121. The van der Waals surface area contributed by atoms with Gasteiger partial charge in [0.15, 0.2) is 11.9 Å². The summed E-state index contributed by atoms with van der Waals surface area (Å²) < 4.78 is 10.5. The zero-order valence-corrected chi connectivity index (χ0v) is 17.6. The highest BCUT2D eigenvalue weighted by molar-refractivity contribution is 6.03. The second-order valence-corrected chi connectivity index (χ2v) is 7.89. The predicted molar refractivity (Wildman–Crippen MR) is 112 cm³/mol. The first kappa shape index (κ1) is 21.6. The van der Waals surface area contributed by atoms with Gasteiger partial charge in [-0.1, -0.05) is 25.8 Å². The van der Waals surface area contributed by atoms with Crippen LogP contribution in [0.1, 0.15) is 66.0 Å². The molecule has 0 aliphatic heterocycles. The van der Waals surface area contributed by atoms with Crippen molar-refractivity contribution in [2.24, 2.45) is 5.92 Å². The molecule has 1 aliphatic carbocycles. The molecule has 160 valence electrons. The lowest BCUT2D eigenvalue weighted by atomic mass is 9.86. The summed E-state index contributed by atoms with van der Waals surface area (Å²) in [7, 11) is 0. The number of carbonyl (C=O) groups excluding carboxylic acids is 3. The molecule has 7 nitrogen and oxygen atoms in total. The van der Waals surface area contributed by atoms with Crippen LogP contribution in [0.2, 0.25) is 0 Å². The Labute approximate surface area is 176 Å². The molecular weight excluding hydrogens is 384 g/mol. The number of ether oxygens (including phenoxy) is 1. The molecule has 0 radical (unpaired) electrons. The van der Waals surface area contributed by atoms with Crippen LogP contribution in [0.25, 0.3) is 0 Å². The van der Waals surface area contributed by atoms with E-state index in [4.69, 9.17) is 9.15 Å². The van der Waals surface area contributed by atoms with Crippen molar-refractivity contribution in [3.8, 4) is 0 Å². The molecule has 30 heavy (non-hydrogen) atoms. The van der Waals surface area contributed by atoms with Crippen molar-refractivity contribution < 1.29 is 23.5 Å². The lowest BCUT2D eigenvalue weighted by molar-refractivity contribution is -0.130. The van der Waals surface area contributed by atoms with Gasteiger partial charge in [0.1, 0.15) is 0 Å². The van der Waals surface area contributed by atoms with Crippen LogP contribution in [-0.2, 0) is 9.53 Å². The van der Waals surface area contributed by atoms with Crippen LogP contribution >= 0.6 is 0 Å². The van der Waals surface area contributed by atoms with Gasteiger partial charge < -0.3 is 19.8 Å². The number of furan rings is 1. The maximum atomic E-state index is 12.6. The quantitative estimate of drug-likeness (QED) is 0.697. The SMILES string of the molecule is Cc1ccc(C(=O)O[C@H](C)C(=O)N[C@H]2CCCC[C@@H]2C)cc1NC(=O)c1ccco1. The lowest BCUT2D eigenvalue weighted by Crippen LogP contribution is -2.46. The summed E-state index contributed by atoms with van der Waals surface area (Å²) in [5.74, 6) is -0.737. The smallest absolute Gasteiger partial charge is 0.338 e. The topological polar surface area (TPSA) is 97.6 Å². The number of anilines is 1. The number of carbonyl (C=O) groups is 3. The number of aryl methyl sites for hydroxylation is 1. The van der Waals surface area contributed by atoms with Gasteiger partial charge >= 0.3 is 5.97 Å². The summed E-state index contributed by atoms with van der Waals surface area (Å²) >= 11 is 0. The minimum Gasteiger partial charge on any atom is -0.459 e. The van der Waals surface area contributed by atoms with E-state index in [0.717, 1.165) is 24.8 Å². The van der Waals surface area contributed by atoms with Crippen LogP contribution in [0.4, 0.5) is 5.69 Å². The van der Waals surface area contributed by atoms with Crippen LogP contribution in [0.15, 0.2) is 41.0 Å². The third-order valence-corrected chi connectivity index (χ3v) is 5.56. The van der Waals surface area contributed by atoms with Gasteiger partial charge in [-0.3, -0.25) is 9.59 Å². The van der Waals surface area contributed by atoms with Crippen LogP contribution in [0, 0.1) is 12.8 Å². The molecule has 1 fully saturated rings. The number of esters is 1. The standard InChI is InChI=1S/C23H28N2O5/c1-14-7-4-5-8-18(14)24-21(26)16(3)30-23(28)17-11-10-15(2)19(13-17)25-22(27)20-9-6-12-29-20/h6,9-14,16,18H,4-5,7-8H2,1-3H3,(H,24,26)(H,25,27)/t14-,16+,18-/m0/s1. The van der Waals surface area contributed by atoms with Crippen LogP contribution in [-0.4, -0.2) is 29.9 Å². The molecule has 1 heterocycles. The molecule has 7 heteroatoms. The molecule has 0 unspecified atom stereocenters. The maximum Gasteiger partial charge on any atom is 0.338 e.